The molecule has 0 spiro atoms. The summed E-state index contributed by atoms with van der Waals surface area (Å²) in [6.45, 7) is 9.26. The Morgan fingerprint density at radius 2 is 1.70 bits per heavy atom. The van der Waals surface area contributed by atoms with Crippen molar-refractivity contribution in [2.24, 2.45) is 11.8 Å². The third kappa shape index (κ3) is 4.45. The molecule has 0 aliphatic carbocycles. The number of rotatable bonds is 9. The second-order valence-corrected chi connectivity index (χ2v) is 5.92. The average molecular weight is 276 g/mol. The van der Waals surface area contributed by atoms with E-state index in [0.29, 0.717) is 18.4 Å². The van der Waals surface area contributed by atoms with Crippen LogP contribution in [0.2, 0.25) is 0 Å². The Morgan fingerprint density at radius 3 is 2.20 bits per heavy atom. The molecule has 0 aliphatic rings. The quantitative estimate of drug-likeness (QED) is 0.617. The highest BCUT2D eigenvalue weighted by molar-refractivity contribution is 5.66. The van der Waals surface area contributed by atoms with Gasteiger partial charge >= 0.3 is 0 Å². The zero-order valence-electron chi connectivity index (χ0n) is 13.3. The molecular formula is C18H28O2. The van der Waals surface area contributed by atoms with Gasteiger partial charge in [-0.15, -0.1) is 0 Å². The first kappa shape index (κ1) is 16.9. The van der Waals surface area contributed by atoms with E-state index in [4.69, 9.17) is 4.74 Å². The van der Waals surface area contributed by atoms with E-state index < -0.39 is 5.60 Å². The Balaban J connectivity index is 2.99. The van der Waals surface area contributed by atoms with E-state index in [-0.39, 0.29) is 0 Å². The van der Waals surface area contributed by atoms with Crippen molar-refractivity contribution in [3.8, 4) is 0 Å². The van der Waals surface area contributed by atoms with Crippen LogP contribution in [0.1, 0.15) is 52.5 Å². The van der Waals surface area contributed by atoms with Crippen molar-refractivity contribution in [3.05, 3.63) is 35.9 Å². The van der Waals surface area contributed by atoms with Gasteiger partial charge in [-0.25, -0.2) is 0 Å². The zero-order chi connectivity index (χ0) is 15.0. The summed E-state index contributed by atoms with van der Waals surface area (Å²) in [4.78, 5) is 11.9. The first-order valence-corrected chi connectivity index (χ1v) is 7.73. The molecule has 1 aromatic carbocycles. The molecule has 2 heteroatoms. The molecule has 0 saturated carbocycles. The third-order valence-electron chi connectivity index (χ3n) is 4.12. The minimum atomic E-state index is -0.792. The van der Waals surface area contributed by atoms with Crippen molar-refractivity contribution < 1.29 is 9.53 Å². The van der Waals surface area contributed by atoms with Gasteiger partial charge in [0.2, 0.25) is 0 Å². The Labute approximate surface area is 123 Å². The first-order chi connectivity index (χ1) is 9.57. The van der Waals surface area contributed by atoms with E-state index in [1.54, 1.807) is 0 Å². The minimum Gasteiger partial charge on any atom is -0.362 e. The molecule has 2 nitrogen and oxygen atoms in total. The fourth-order valence-electron chi connectivity index (χ4n) is 2.20. The summed E-state index contributed by atoms with van der Waals surface area (Å²) < 4.78 is 6.12. The summed E-state index contributed by atoms with van der Waals surface area (Å²) in [6, 6.07) is 9.89. The van der Waals surface area contributed by atoms with Crippen LogP contribution in [0.5, 0.6) is 0 Å². The maximum Gasteiger partial charge on any atom is 0.156 e. The maximum atomic E-state index is 11.9. The average Bonchev–Trinajstić information content (AvgIpc) is 2.51. The van der Waals surface area contributed by atoms with Crippen molar-refractivity contribution in [1.82, 2.24) is 0 Å². The van der Waals surface area contributed by atoms with Gasteiger partial charge in [0.15, 0.2) is 6.29 Å². The van der Waals surface area contributed by atoms with Crippen LogP contribution in [0.25, 0.3) is 0 Å². The predicted octanol–water partition coefficient (Wildman–Crippen LogP) is 4.58. The smallest absolute Gasteiger partial charge is 0.156 e. The monoisotopic (exact) mass is 276 g/mol. The lowest BCUT2D eigenvalue weighted by molar-refractivity contribution is -0.138. The highest BCUT2D eigenvalue weighted by atomic mass is 16.5. The largest absolute Gasteiger partial charge is 0.362 e. The highest BCUT2D eigenvalue weighted by Crippen LogP contribution is 2.32. The van der Waals surface area contributed by atoms with Crippen molar-refractivity contribution >= 4 is 6.29 Å². The second kappa shape index (κ2) is 8.21. The molecule has 0 amide bonds. The Morgan fingerprint density at radius 1 is 1.10 bits per heavy atom. The topological polar surface area (TPSA) is 26.3 Å². The Kier molecular flexibility index (Phi) is 6.94. The lowest BCUT2D eigenvalue weighted by Gasteiger charge is -2.32. The molecule has 1 rings (SSSR count). The highest BCUT2D eigenvalue weighted by Gasteiger charge is 2.34. The van der Waals surface area contributed by atoms with Gasteiger partial charge in [0.1, 0.15) is 5.60 Å². The first-order valence-electron chi connectivity index (χ1n) is 7.73. The van der Waals surface area contributed by atoms with E-state index >= 15 is 0 Å². The Bertz CT molecular complexity index is 388. The summed E-state index contributed by atoms with van der Waals surface area (Å²) in [6.07, 6.45) is 3.85. The summed E-state index contributed by atoms with van der Waals surface area (Å²) in [5.74, 6) is 0.923. The number of hydrogen-bond donors (Lipinski definition) is 0. The molecule has 3 unspecified atom stereocenters. The molecule has 3 atom stereocenters. The lowest BCUT2D eigenvalue weighted by atomic mass is 9.85. The summed E-state index contributed by atoms with van der Waals surface area (Å²) in [5.41, 5.74) is 0.179. The summed E-state index contributed by atoms with van der Waals surface area (Å²) in [5, 5.41) is 0. The predicted molar refractivity (Wildman–Crippen MR) is 83.7 cm³/mol. The molecule has 0 radical (unpaired) electrons. The summed E-state index contributed by atoms with van der Waals surface area (Å²) >= 11 is 0. The van der Waals surface area contributed by atoms with Crippen molar-refractivity contribution in [3.63, 3.8) is 0 Å². The molecule has 0 aliphatic heterocycles. The van der Waals surface area contributed by atoms with Crippen LogP contribution in [0, 0.1) is 11.8 Å². The van der Waals surface area contributed by atoms with Gasteiger partial charge in [-0.1, -0.05) is 70.9 Å². The lowest BCUT2D eigenvalue weighted by Crippen LogP contribution is -2.35. The third-order valence-corrected chi connectivity index (χ3v) is 4.12. The van der Waals surface area contributed by atoms with E-state index in [1.807, 2.05) is 30.3 Å². The van der Waals surface area contributed by atoms with Crippen LogP contribution < -0.4 is 0 Å². The summed E-state index contributed by atoms with van der Waals surface area (Å²) in [7, 11) is 0. The molecule has 0 aromatic heterocycles. The van der Waals surface area contributed by atoms with Crippen molar-refractivity contribution in [1.29, 1.82) is 0 Å². The molecule has 1 aromatic rings. The number of carbonyl (C=O) groups excluding carboxylic acids is 1. The van der Waals surface area contributed by atoms with Crippen molar-refractivity contribution in [2.45, 2.75) is 52.6 Å². The maximum absolute atomic E-state index is 11.9. The van der Waals surface area contributed by atoms with Gasteiger partial charge in [0.05, 0.1) is 6.61 Å². The van der Waals surface area contributed by atoms with Crippen LogP contribution in [0.15, 0.2) is 30.3 Å². The molecule has 0 fully saturated rings. The van der Waals surface area contributed by atoms with Gasteiger partial charge in [-0.2, -0.15) is 0 Å². The van der Waals surface area contributed by atoms with Gasteiger partial charge in [0, 0.05) is 0 Å². The normalized spacial score (nSPS) is 17.2. The van der Waals surface area contributed by atoms with Gasteiger partial charge < -0.3 is 4.74 Å². The van der Waals surface area contributed by atoms with E-state index in [0.717, 1.165) is 31.1 Å². The molecular weight excluding hydrogens is 248 g/mol. The van der Waals surface area contributed by atoms with Gasteiger partial charge in [-0.3, -0.25) is 4.79 Å². The zero-order valence-corrected chi connectivity index (χ0v) is 13.3. The fraction of sp³-hybridized carbons (Fsp3) is 0.611. The number of hydrogen-bond acceptors (Lipinski definition) is 2. The van der Waals surface area contributed by atoms with Gasteiger partial charge in [0.25, 0.3) is 0 Å². The van der Waals surface area contributed by atoms with Crippen LogP contribution in [0.3, 0.4) is 0 Å². The molecule has 20 heavy (non-hydrogen) atoms. The Hall–Kier alpha value is -1.15. The molecule has 0 heterocycles. The minimum absolute atomic E-state index is 0.456. The molecule has 0 N–H and O–H groups in total. The van der Waals surface area contributed by atoms with E-state index in [2.05, 4.69) is 27.7 Å². The fourth-order valence-corrected chi connectivity index (χ4v) is 2.20. The number of ether oxygens (including phenoxy) is 1. The second-order valence-electron chi connectivity index (χ2n) is 5.92. The van der Waals surface area contributed by atoms with E-state index in [1.165, 1.54) is 0 Å². The molecule has 0 bridgehead atoms. The van der Waals surface area contributed by atoms with Gasteiger partial charge in [-0.05, 0) is 23.8 Å². The molecule has 0 saturated heterocycles. The van der Waals surface area contributed by atoms with Crippen LogP contribution >= 0.6 is 0 Å². The number of carbonyl (C=O) groups is 1. The number of benzene rings is 1. The van der Waals surface area contributed by atoms with Crippen LogP contribution in [-0.4, -0.2) is 12.9 Å². The number of aldehydes is 1. The van der Waals surface area contributed by atoms with E-state index in [9.17, 15) is 4.79 Å². The van der Waals surface area contributed by atoms with Crippen LogP contribution in [0.4, 0.5) is 0 Å². The van der Waals surface area contributed by atoms with Crippen LogP contribution in [-0.2, 0) is 15.1 Å². The van der Waals surface area contributed by atoms with Crippen molar-refractivity contribution in [2.75, 3.05) is 6.61 Å². The standard InChI is InChI=1S/C18H28O2/c1-5-15(3)12-18(14-19,20-13-16(4)6-2)17-10-8-7-9-11-17/h7-11,14-16H,5-6,12-13H2,1-4H3. The SMILES string of the molecule is CCC(C)COC(C=O)(CC(C)CC)c1ccccc1. The molecule has 112 valence electrons.